The molecule has 1 heterocycles. The van der Waals surface area contributed by atoms with Gasteiger partial charge in [0.2, 0.25) is 8.92 Å². The molecule has 2 aromatic rings. The van der Waals surface area contributed by atoms with Crippen molar-refractivity contribution in [2.24, 2.45) is 10.7 Å². The number of aliphatic imine (C=N–C) groups is 1. The average Bonchev–Trinajstić information content (AvgIpc) is 2.57. The molecule has 0 spiro atoms. The maximum absolute atomic E-state index is 5.60. The summed E-state index contributed by atoms with van der Waals surface area (Å²) in [6.07, 6.45) is 0. The standard InChI is InChI=1S/C9H5BrCl3N3S/c10-4-1-2-5-6(3-4)17-8(15-5)16-7(14)9(11,12)13/h1-3H,(H2,14,15,16). The summed E-state index contributed by atoms with van der Waals surface area (Å²) in [5.41, 5.74) is 6.37. The van der Waals surface area contributed by atoms with E-state index in [1.165, 1.54) is 11.3 Å². The van der Waals surface area contributed by atoms with Crippen LogP contribution in [0, 0.1) is 0 Å². The molecule has 0 aliphatic carbocycles. The molecule has 0 bridgehead atoms. The van der Waals surface area contributed by atoms with Gasteiger partial charge < -0.3 is 5.73 Å². The Balaban J connectivity index is 2.44. The maximum Gasteiger partial charge on any atom is 0.247 e. The monoisotopic (exact) mass is 371 g/mol. The zero-order valence-corrected chi connectivity index (χ0v) is 12.8. The summed E-state index contributed by atoms with van der Waals surface area (Å²) in [5, 5.41) is 0.460. The highest BCUT2D eigenvalue weighted by molar-refractivity contribution is 9.10. The van der Waals surface area contributed by atoms with Gasteiger partial charge in [0, 0.05) is 4.47 Å². The lowest BCUT2D eigenvalue weighted by Crippen LogP contribution is -2.27. The Morgan fingerprint density at radius 1 is 1.41 bits per heavy atom. The molecule has 1 aromatic heterocycles. The van der Waals surface area contributed by atoms with Crippen LogP contribution in [-0.2, 0) is 0 Å². The molecule has 0 fully saturated rings. The SMILES string of the molecule is N/C(=N\c1nc2ccc(Br)cc2s1)C(Cl)(Cl)Cl. The largest absolute Gasteiger partial charge is 0.383 e. The van der Waals surface area contributed by atoms with E-state index in [1.807, 2.05) is 18.2 Å². The van der Waals surface area contributed by atoms with Crippen molar-refractivity contribution in [1.29, 1.82) is 0 Å². The van der Waals surface area contributed by atoms with Crippen LogP contribution in [-0.4, -0.2) is 14.6 Å². The molecule has 0 atom stereocenters. The van der Waals surface area contributed by atoms with Crippen molar-refractivity contribution in [3.05, 3.63) is 22.7 Å². The van der Waals surface area contributed by atoms with Crippen molar-refractivity contribution in [3.63, 3.8) is 0 Å². The van der Waals surface area contributed by atoms with Crippen molar-refractivity contribution < 1.29 is 0 Å². The van der Waals surface area contributed by atoms with Crippen LogP contribution in [0.2, 0.25) is 0 Å². The summed E-state index contributed by atoms with van der Waals surface area (Å²) in [4.78, 5) is 8.25. The van der Waals surface area contributed by atoms with Gasteiger partial charge >= 0.3 is 0 Å². The fraction of sp³-hybridized carbons (Fsp3) is 0.111. The lowest BCUT2D eigenvalue weighted by atomic mass is 10.3. The van der Waals surface area contributed by atoms with Crippen molar-refractivity contribution in [2.45, 2.75) is 3.79 Å². The molecule has 0 aliphatic rings. The fourth-order valence-corrected chi connectivity index (χ4v) is 2.63. The van der Waals surface area contributed by atoms with Crippen molar-refractivity contribution >= 4 is 83.3 Å². The molecule has 0 radical (unpaired) electrons. The van der Waals surface area contributed by atoms with E-state index in [0.29, 0.717) is 5.13 Å². The van der Waals surface area contributed by atoms with E-state index in [2.05, 4.69) is 25.9 Å². The first-order valence-electron chi connectivity index (χ1n) is 4.34. The average molecular weight is 373 g/mol. The van der Waals surface area contributed by atoms with Gasteiger partial charge in [-0.15, -0.1) is 0 Å². The lowest BCUT2D eigenvalue weighted by molar-refractivity contribution is 1.34. The van der Waals surface area contributed by atoms with Crippen LogP contribution in [0.1, 0.15) is 0 Å². The third-order valence-corrected chi connectivity index (χ3v) is 3.83. The molecular formula is C9H5BrCl3N3S. The zero-order valence-electron chi connectivity index (χ0n) is 8.12. The summed E-state index contributed by atoms with van der Waals surface area (Å²) in [7, 11) is 0. The van der Waals surface area contributed by atoms with Gasteiger partial charge in [-0.3, -0.25) is 0 Å². The highest BCUT2D eigenvalue weighted by Crippen LogP contribution is 2.32. The highest BCUT2D eigenvalue weighted by Gasteiger charge is 2.25. The molecule has 17 heavy (non-hydrogen) atoms. The van der Waals surface area contributed by atoms with Crippen molar-refractivity contribution in [1.82, 2.24) is 4.98 Å². The molecule has 3 nitrogen and oxygen atoms in total. The Bertz CT molecular complexity index is 591. The molecule has 0 amide bonds. The van der Waals surface area contributed by atoms with E-state index < -0.39 is 3.79 Å². The molecule has 2 N–H and O–H groups in total. The maximum atomic E-state index is 5.60. The number of nitrogens with zero attached hydrogens (tertiary/aromatic N) is 2. The van der Waals surface area contributed by atoms with Gasteiger partial charge in [-0.1, -0.05) is 62.1 Å². The third kappa shape index (κ3) is 3.23. The Kier molecular flexibility index (Phi) is 3.85. The zero-order chi connectivity index (χ0) is 12.6. The molecule has 0 saturated heterocycles. The number of aromatic nitrogens is 1. The molecule has 0 unspecified atom stereocenters. The second-order valence-electron chi connectivity index (χ2n) is 3.10. The minimum absolute atomic E-state index is 0.0966. The number of rotatable bonds is 1. The van der Waals surface area contributed by atoms with Gasteiger partial charge in [0.25, 0.3) is 0 Å². The van der Waals surface area contributed by atoms with Crippen LogP contribution >= 0.6 is 62.1 Å². The van der Waals surface area contributed by atoms with Gasteiger partial charge in [0.15, 0.2) is 5.84 Å². The fourth-order valence-electron chi connectivity index (χ4n) is 1.10. The van der Waals surface area contributed by atoms with Gasteiger partial charge in [0.05, 0.1) is 10.2 Å². The summed E-state index contributed by atoms with van der Waals surface area (Å²) < 4.78 is 0.243. The number of nitrogens with two attached hydrogens (primary N) is 1. The first-order chi connectivity index (χ1) is 7.86. The highest BCUT2D eigenvalue weighted by atomic mass is 79.9. The van der Waals surface area contributed by atoms with Crippen molar-refractivity contribution in [3.8, 4) is 0 Å². The molecule has 2 rings (SSSR count). The number of hydrogen-bond donors (Lipinski definition) is 1. The van der Waals surface area contributed by atoms with Crippen LogP contribution in [0.3, 0.4) is 0 Å². The van der Waals surface area contributed by atoms with Gasteiger partial charge in [-0.25, -0.2) is 9.98 Å². The summed E-state index contributed by atoms with van der Waals surface area (Å²) in [6.45, 7) is 0. The molecule has 1 aromatic carbocycles. The van der Waals surface area contributed by atoms with Crippen LogP contribution in [0.25, 0.3) is 10.2 Å². The topological polar surface area (TPSA) is 51.3 Å². The van der Waals surface area contributed by atoms with Crippen LogP contribution < -0.4 is 5.73 Å². The van der Waals surface area contributed by atoms with E-state index >= 15 is 0 Å². The van der Waals surface area contributed by atoms with Gasteiger partial charge in [-0.2, -0.15) is 0 Å². The number of alkyl halides is 3. The van der Waals surface area contributed by atoms with Crippen LogP contribution in [0.4, 0.5) is 5.13 Å². The van der Waals surface area contributed by atoms with E-state index in [9.17, 15) is 0 Å². The number of benzene rings is 1. The van der Waals surface area contributed by atoms with Crippen LogP contribution in [0.5, 0.6) is 0 Å². The van der Waals surface area contributed by atoms with Crippen LogP contribution in [0.15, 0.2) is 27.7 Å². The Morgan fingerprint density at radius 3 is 2.76 bits per heavy atom. The lowest BCUT2D eigenvalue weighted by Gasteiger charge is -2.07. The number of amidine groups is 1. The Labute approximate surface area is 125 Å². The molecule has 0 saturated carbocycles. The predicted molar refractivity (Wildman–Crippen MR) is 78.9 cm³/mol. The number of halogens is 4. The summed E-state index contributed by atoms with van der Waals surface area (Å²) in [5.74, 6) is -0.0966. The first-order valence-corrected chi connectivity index (χ1v) is 7.08. The Hall–Kier alpha value is -0.0700. The summed E-state index contributed by atoms with van der Waals surface area (Å²) >= 11 is 21.6. The molecule has 0 aliphatic heterocycles. The van der Waals surface area contributed by atoms with E-state index in [0.717, 1.165) is 14.7 Å². The summed E-state index contributed by atoms with van der Waals surface area (Å²) in [6, 6.07) is 5.71. The van der Waals surface area contributed by atoms with E-state index in [-0.39, 0.29) is 5.84 Å². The molecular weight excluding hydrogens is 368 g/mol. The minimum atomic E-state index is -1.71. The van der Waals surface area contributed by atoms with E-state index in [4.69, 9.17) is 40.5 Å². The van der Waals surface area contributed by atoms with Crippen molar-refractivity contribution in [2.75, 3.05) is 0 Å². The second-order valence-corrected chi connectivity index (χ2v) is 7.31. The Morgan fingerprint density at radius 2 is 2.12 bits per heavy atom. The number of fused-ring (bicyclic) bond motifs is 1. The minimum Gasteiger partial charge on any atom is -0.383 e. The smallest absolute Gasteiger partial charge is 0.247 e. The number of hydrogen-bond acceptors (Lipinski definition) is 3. The molecule has 90 valence electrons. The quantitative estimate of drug-likeness (QED) is 0.457. The normalized spacial score (nSPS) is 13.3. The van der Waals surface area contributed by atoms with E-state index in [1.54, 1.807) is 0 Å². The van der Waals surface area contributed by atoms with Gasteiger partial charge in [0.1, 0.15) is 0 Å². The third-order valence-electron chi connectivity index (χ3n) is 1.85. The second kappa shape index (κ2) is 4.90. The van der Waals surface area contributed by atoms with Gasteiger partial charge in [-0.05, 0) is 18.2 Å². The first kappa shape index (κ1) is 13.4. The number of thiazole rings is 1. The predicted octanol–water partition coefficient (Wildman–Crippen LogP) is 4.42. The molecule has 8 heteroatoms.